The van der Waals surface area contributed by atoms with Crippen LogP contribution in [0.4, 0.5) is 0 Å². The number of aromatic hydroxyl groups is 1. The normalized spacial score (nSPS) is 18.1. The van der Waals surface area contributed by atoms with Crippen molar-refractivity contribution >= 4 is 17.6 Å². The SMILES string of the molecule is COc1cc(CN(CC2CCC(C(=O)O)CC2)[C@@H](C)c2ccc(Cl)cc2)ccc1CCCn1c(O)cn(C)c1=O. The molecule has 1 saturated carbocycles. The van der Waals surface area contributed by atoms with Gasteiger partial charge in [0.2, 0.25) is 5.88 Å². The maximum atomic E-state index is 12.2. The average Bonchev–Trinajstić information content (AvgIpc) is 3.19. The van der Waals surface area contributed by atoms with Crippen molar-refractivity contribution in [3.63, 3.8) is 0 Å². The number of carboxylic acids is 1. The molecule has 9 heteroatoms. The van der Waals surface area contributed by atoms with E-state index >= 15 is 0 Å². The van der Waals surface area contributed by atoms with E-state index in [0.29, 0.717) is 30.3 Å². The fourth-order valence-corrected chi connectivity index (χ4v) is 5.91. The van der Waals surface area contributed by atoms with Gasteiger partial charge in [-0.2, -0.15) is 0 Å². The molecule has 0 aliphatic heterocycles. The number of benzene rings is 2. The van der Waals surface area contributed by atoms with Crippen LogP contribution in [0.25, 0.3) is 0 Å². The number of hydrogen-bond acceptors (Lipinski definition) is 5. The molecule has 2 N–H and O–H groups in total. The monoisotopic (exact) mass is 569 g/mol. The molecule has 3 aromatic rings. The van der Waals surface area contributed by atoms with Gasteiger partial charge in [-0.1, -0.05) is 35.9 Å². The molecule has 0 radical (unpaired) electrons. The number of aryl methyl sites for hydroxylation is 2. The molecule has 1 aromatic heterocycles. The van der Waals surface area contributed by atoms with Crippen molar-refractivity contribution in [2.45, 2.75) is 64.6 Å². The number of aromatic nitrogens is 2. The van der Waals surface area contributed by atoms with Crippen molar-refractivity contribution in [3.8, 4) is 11.6 Å². The molecule has 1 aliphatic rings. The summed E-state index contributed by atoms with van der Waals surface area (Å²) in [5, 5.41) is 20.1. The number of carbonyl (C=O) groups is 1. The number of rotatable bonds is 12. The minimum Gasteiger partial charge on any atom is -0.496 e. The standard InChI is InChI=1S/C31H40ClN3O5/c1-21(24-12-14-27(32)15-13-24)34(18-22-6-10-26(11-7-22)30(37)38)19-23-8-9-25(28(17-23)40-3)5-4-16-35-29(36)20-33(2)31(35)39/h8-9,12-15,17,20-22,26,36H,4-7,10-11,16,18-19H2,1-3H3,(H,37,38)/t21-,22?,26?/m0/s1. The average molecular weight is 570 g/mol. The third-order valence-corrected chi connectivity index (χ3v) is 8.52. The molecule has 1 heterocycles. The van der Waals surface area contributed by atoms with Crippen LogP contribution in [0.5, 0.6) is 11.6 Å². The lowest BCUT2D eigenvalue weighted by molar-refractivity contribution is -0.143. The third-order valence-electron chi connectivity index (χ3n) is 8.27. The van der Waals surface area contributed by atoms with Gasteiger partial charge in [0.05, 0.1) is 19.2 Å². The first-order valence-electron chi connectivity index (χ1n) is 14.0. The van der Waals surface area contributed by atoms with Gasteiger partial charge in [0.15, 0.2) is 0 Å². The number of methoxy groups -OCH3 is 1. The van der Waals surface area contributed by atoms with E-state index in [1.807, 2.05) is 12.1 Å². The summed E-state index contributed by atoms with van der Waals surface area (Å²) < 4.78 is 8.50. The fraction of sp³-hybridized carbons (Fsp3) is 0.484. The summed E-state index contributed by atoms with van der Waals surface area (Å²) in [5.41, 5.74) is 3.15. The van der Waals surface area contributed by atoms with Gasteiger partial charge in [-0.3, -0.25) is 18.8 Å². The summed E-state index contributed by atoms with van der Waals surface area (Å²) in [6.07, 6.45) is 6.13. The number of halogens is 1. The van der Waals surface area contributed by atoms with Crippen molar-refractivity contribution in [1.82, 2.24) is 14.0 Å². The molecule has 8 nitrogen and oxygen atoms in total. The van der Waals surface area contributed by atoms with Gasteiger partial charge in [0, 0.05) is 37.7 Å². The Bertz CT molecular complexity index is 1340. The van der Waals surface area contributed by atoms with Gasteiger partial charge in [0.1, 0.15) is 5.75 Å². The highest BCUT2D eigenvalue weighted by Gasteiger charge is 2.28. The smallest absolute Gasteiger partial charge is 0.330 e. The van der Waals surface area contributed by atoms with Gasteiger partial charge in [-0.15, -0.1) is 0 Å². The molecule has 0 amide bonds. The second-order valence-electron chi connectivity index (χ2n) is 11.0. The molecule has 1 aliphatic carbocycles. The Morgan fingerprint density at radius 2 is 1.85 bits per heavy atom. The summed E-state index contributed by atoms with van der Waals surface area (Å²) in [4.78, 5) is 26.1. The topological polar surface area (TPSA) is 96.9 Å². The summed E-state index contributed by atoms with van der Waals surface area (Å²) >= 11 is 6.15. The molecule has 0 saturated heterocycles. The van der Waals surface area contributed by atoms with Crippen molar-refractivity contribution in [2.24, 2.45) is 18.9 Å². The van der Waals surface area contributed by atoms with Gasteiger partial charge in [-0.05, 0) is 86.3 Å². The molecule has 4 rings (SSSR count). The first kappa shape index (κ1) is 29.7. The summed E-state index contributed by atoms with van der Waals surface area (Å²) in [6, 6.07) is 14.4. The Balaban J connectivity index is 1.47. The lowest BCUT2D eigenvalue weighted by atomic mass is 9.81. The molecular weight excluding hydrogens is 530 g/mol. The van der Waals surface area contributed by atoms with E-state index in [1.165, 1.54) is 20.9 Å². The maximum absolute atomic E-state index is 12.2. The van der Waals surface area contributed by atoms with Crippen LogP contribution in [0.15, 0.2) is 53.5 Å². The highest BCUT2D eigenvalue weighted by atomic mass is 35.5. The van der Waals surface area contributed by atoms with Crippen LogP contribution in [-0.2, 0) is 31.4 Å². The van der Waals surface area contributed by atoms with Gasteiger partial charge < -0.3 is 14.9 Å². The lowest BCUT2D eigenvalue weighted by Crippen LogP contribution is -2.34. The highest BCUT2D eigenvalue weighted by molar-refractivity contribution is 6.30. The molecule has 1 fully saturated rings. The fourth-order valence-electron chi connectivity index (χ4n) is 5.79. The van der Waals surface area contributed by atoms with Crippen LogP contribution in [0.3, 0.4) is 0 Å². The van der Waals surface area contributed by atoms with E-state index in [4.69, 9.17) is 16.3 Å². The quantitative estimate of drug-likeness (QED) is 0.293. The summed E-state index contributed by atoms with van der Waals surface area (Å²) in [6.45, 7) is 4.24. The summed E-state index contributed by atoms with van der Waals surface area (Å²) in [5.74, 6) is 0.331. The summed E-state index contributed by atoms with van der Waals surface area (Å²) in [7, 11) is 3.30. The number of carboxylic acid groups (broad SMARTS) is 1. The number of ether oxygens (including phenoxy) is 1. The van der Waals surface area contributed by atoms with Crippen LogP contribution >= 0.6 is 11.6 Å². The minimum absolute atomic E-state index is 0.0267. The number of nitrogens with zero attached hydrogens (tertiary/aromatic N) is 3. The predicted molar refractivity (Wildman–Crippen MR) is 156 cm³/mol. The second kappa shape index (κ2) is 13.4. The third kappa shape index (κ3) is 7.29. The molecule has 0 unspecified atom stereocenters. The van der Waals surface area contributed by atoms with E-state index in [0.717, 1.165) is 55.6 Å². The molecule has 216 valence electrons. The maximum Gasteiger partial charge on any atom is 0.330 e. The Labute approximate surface area is 240 Å². The highest BCUT2D eigenvalue weighted by Crippen LogP contribution is 2.33. The lowest BCUT2D eigenvalue weighted by Gasteiger charge is -2.35. The zero-order valence-electron chi connectivity index (χ0n) is 23.6. The van der Waals surface area contributed by atoms with Crippen molar-refractivity contribution in [2.75, 3.05) is 13.7 Å². The number of imidazole rings is 1. The molecule has 40 heavy (non-hydrogen) atoms. The van der Waals surface area contributed by atoms with Gasteiger partial charge in [0.25, 0.3) is 0 Å². The van der Waals surface area contributed by atoms with Crippen molar-refractivity contribution in [1.29, 1.82) is 0 Å². The van der Waals surface area contributed by atoms with E-state index in [-0.39, 0.29) is 23.5 Å². The van der Waals surface area contributed by atoms with E-state index < -0.39 is 5.97 Å². The Kier molecular flexibility index (Phi) is 9.98. The van der Waals surface area contributed by atoms with Crippen LogP contribution in [0, 0.1) is 11.8 Å². The molecular formula is C31H40ClN3O5. The number of hydrogen-bond donors (Lipinski definition) is 2. The van der Waals surface area contributed by atoms with E-state index in [1.54, 1.807) is 14.2 Å². The Hall–Kier alpha value is -3.23. The minimum atomic E-state index is -0.676. The van der Waals surface area contributed by atoms with Gasteiger partial charge >= 0.3 is 11.7 Å². The van der Waals surface area contributed by atoms with Crippen LogP contribution in [-0.4, -0.2) is 43.9 Å². The van der Waals surface area contributed by atoms with Gasteiger partial charge in [-0.25, -0.2) is 4.79 Å². The van der Waals surface area contributed by atoms with Crippen LogP contribution < -0.4 is 10.4 Å². The van der Waals surface area contributed by atoms with Crippen molar-refractivity contribution in [3.05, 3.63) is 80.9 Å². The molecule has 2 aromatic carbocycles. The van der Waals surface area contributed by atoms with Crippen LogP contribution in [0.2, 0.25) is 5.02 Å². The second-order valence-corrected chi connectivity index (χ2v) is 11.4. The van der Waals surface area contributed by atoms with E-state index in [9.17, 15) is 19.8 Å². The number of aliphatic carboxylic acids is 1. The van der Waals surface area contributed by atoms with Crippen molar-refractivity contribution < 1.29 is 19.7 Å². The first-order valence-corrected chi connectivity index (χ1v) is 14.4. The zero-order chi connectivity index (χ0) is 28.8. The largest absolute Gasteiger partial charge is 0.496 e. The predicted octanol–water partition coefficient (Wildman–Crippen LogP) is 5.64. The molecule has 1 atom stereocenters. The molecule has 0 bridgehead atoms. The molecule has 0 spiro atoms. The Morgan fingerprint density at radius 3 is 2.45 bits per heavy atom. The van der Waals surface area contributed by atoms with E-state index in [2.05, 4.69) is 42.2 Å². The zero-order valence-corrected chi connectivity index (χ0v) is 24.3. The van der Waals surface area contributed by atoms with Crippen LogP contribution in [0.1, 0.15) is 61.8 Å². The first-order chi connectivity index (χ1) is 19.2. The Morgan fingerprint density at radius 1 is 1.15 bits per heavy atom.